The zero-order valence-corrected chi connectivity index (χ0v) is 22.8. The molecular formula is C27H37FN8O3. The van der Waals surface area contributed by atoms with Crippen LogP contribution in [-0.2, 0) is 17.6 Å². The maximum absolute atomic E-state index is 14.6. The van der Waals surface area contributed by atoms with Crippen LogP contribution >= 0.6 is 0 Å². The first-order valence-electron chi connectivity index (χ1n) is 13.5. The third-order valence-corrected chi connectivity index (χ3v) is 7.40. The highest BCUT2D eigenvalue weighted by molar-refractivity contribution is 6.05. The van der Waals surface area contributed by atoms with Gasteiger partial charge in [-0.15, -0.1) is 0 Å². The van der Waals surface area contributed by atoms with Gasteiger partial charge in [-0.2, -0.15) is 4.39 Å². The van der Waals surface area contributed by atoms with Crippen LogP contribution in [0.15, 0.2) is 41.7 Å². The molecule has 1 aromatic carbocycles. The SMILES string of the molecule is CCCN1C(=O)C2N(N(CC)CCO)C(Cc3nccnc3F)=NC2(CC)N(CCc2ccccc2N)C1=O. The second kappa shape index (κ2) is 12.0. The standard InChI is InChI=1S/C27H37FN8O3/c1-4-14-34-25(38)23-27(5-2,35(26(34)39)15-11-19-9-7-8-10-20(19)29)32-22(36(23)33(6-3)16-17-37)18-21-24(28)31-13-12-30-21/h7-10,12-13,23,37H,4-6,11,14-18,29H2,1-3H3. The van der Waals surface area contributed by atoms with Crippen molar-refractivity contribution in [3.05, 3.63) is 53.9 Å². The fourth-order valence-electron chi connectivity index (χ4n) is 5.52. The highest BCUT2D eigenvalue weighted by atomic mass is 19.1. The molecule has 12 heteroatoms. The van der Waals surface area contributed by atoms with Gasteiger partial charge in [-0.1, -0.05) is 39.0 Å². The lowest BCUT2D eigenvalue weighted by Gasteiger charge is -2.51. The monoisotopic (exact) mass is 540 g/mol. The van der Waals surface area contributed by atoms with Gasteiger partial charge in [0.05, 0.1) is 13.0 Å². The molecule has 3 amide bonds. The average molecular weight is 541 g/mol. The molecule has 210 valence electrons. The van der Waals surface area contributed by atoms with E-state index in [1.807, 2.05) is 50.0 Å². The number of aromatic nitrogens is 2. The molecule has 4 rings (SSSR count). The van der Waals surface area contributed by atoms with Crippen LogP contribution in [0.25, 0.3) is 0 Å². The van der Waals surface area contributed by atoms with Crippen molar-refractivity contribution in [1.82, 2.24) is 29.8 Å². The van der Waals surface area contributed by atoms with Gasteiger partial charge >= 0.3 is 6.03 Å². The Balaban J connectivity index is 1.84. The minimum absolute atomic E-state index is 0.0332. The third kappa shape index (κ3) is 5.18. The second-order valence-electron chi connectivity index (χ2n) is 9.62. The van der Waals surface area contributed by atoms with Gasteiger partial charge in [-0.25, -0.2) is 19.8 Å². The van der Waals surface area contributed by atoms with Gasteiger partial charge in [0, 0.05) is 44.3 Å². The zero-order valence-electron chi connectivity index (χ0n) is 22.8. The minimum atomic E-state index is -1.24. The molecule has 3 N–H and O–H groups in total. The Morgan fingerprint density at radius 3 is 2.51 bits per heavy atom. The van der Waals surface area contributed by atoms with Gasteiger partial charge in [0.1, 0.15) is 11.5 Å². The summed E-state index contributed by atoms with van der Waals surface area (Å²) in [5.74, 6) is -0.702. The molecule has 0 aliphatic carbocycles. The highest BCUT2D eigenvalue weighted by Crippen LogP contribution is 2.42. The first-order valence-corrected chi connectivity index (χ1v) is 13.5. The highest BCUT2D eigenvalue weighted by Gasteiger charge is 2.62. The van der Waals surface area contributed by atoms with Gasteiger partial charge in [-0.3, -0.25) is 24.6 Å². The number of nitrogens with two attached hydrogens (primary N) is 1. The number of urea groups is 1. The van der Waals surface area contributed by atoms with Crippen LogP contribution in [0.5, 0.6) is 0 Å². The number of hydrogen-bond acceptors (Lipinski definition) is 9. The van der Waals surface area contributed by atoms with Gasteiger partial charge < -0.3 is 10.8 Å². The van der Waals surface area contributed by atoms with Crippen molar-refractivity contribution in [2.24, 2.45) is 4.99 Å². The summed E-state index contributed by atoms with van der Waals surface area (Å²) >= 11 is 0. The van der Waals surface area contributed by atoms with Crippen LogP contribution in [-0.4, -0.2) is 97.2 Å². The number of hydrazine groups is 1. The molecule has 11 nitrogen and oxygen atoms in total. The van der Waals surface area contributed by atoms with E-state index < -0.39 is 23.7 Å². The lowest BCUT2D eigenvalue weighted by Crippen LogP contribution is -2.74. The minimum Gasteiger partial charge on any atom is -0.399 e. The van der Waals surface area contributed by atoms with Gasteiger partial charge in [0.15, 0.2) is 11.7 Å². The number of halogens is 1. The maximum atomic E-state index is 14.6. The number of fused-ring (bicyclic) bond motifs is 1. The molecule has 0 spiro atoms. The second-order valence-corrected chi connectivity index (χ2v) is 9.62. The van der Waals surface area contributed by atoms with Crippen LogP contribution in [0.3, 0.4) is 0 Å². The van der Waals surface area contributed by atoms with Gasteiger partial charge in [0.25, 0.3) is 5.91 Å². The van der Waals surface area contributed by atoms with Crippen LogP contribution < -0.4 is 5.73 Å². The summed E-state index contributed by atoms with van der Waals surface area (Å²) in [6.07, 6.45) is 4.05. The largest absolute Gasteiger partial charge is 0.399 e. The van der Waals surface area contributed by atoms with Crippen molar-refractivity contribution >= 4 is 23.5 Å². The summed E-state index contributed by atoms with van der Waals surface area (Å²) in [5.41, 5.74) is 6.56. The Bertz CT molecular complexity index is 1230. The predicted molar refractivity (Wildman–Crippen MR) is 145 cm³/mol. The molecule has 0 saturated carbocycles. The van der Waals surface area contributed by atoms with Crippen molar-refractivity contribution in [3.63, 3.8) is 0 Å². The molecule has 39 heavy (non-hydrogen) atoms. The first kappa shape index (κ1) is 28.4. The lowest BCUT2D eigenvalue weighted by molar-refractivity contribution is -0.151. The van der Waals surface area contributed by atoms with E-state index in [0.717, 1.165) is 5.56 Å². The topological polar surface area (TPSA) is 131 Å². The predicted octanol–water partition coefficient (Wildman–Crippen LogP) is 2.08. The third-order valence-electron chi connectivity index (χ3n) is 7.40. The summed E-state index contributed by atoms with van der Waals surface area (Å²) in [7, 11) is 0. The van der Waals surface area contributed by atoms with Crippen LogP contribution in [0.1, 0.15) is 44.9 Å². The zero-order chi connectivity index (χ0) is 28.2. The molecule has 2 aromatic rings. The lowest BCUT2D eigenvalue weighted by atomic mass is 9.91. The fraction of sp³-hybridized carbons (Fsp3) is 0.519. The van der Waals surface area contributed by atoms with E-state index in [0.29, 0.717) is 37.3 Å². The number of likely N-dealkylation sites (N-methyl/N-ethyl adjacent to an activating group) is 1. The van der Waals surface area contributed by atoms with Crippen molar-refractivity contribution in [2.75, 3.05) is 38.5 Å². The van der Waals surface area contributed by atoms with Crippen molar-refractivity contribution in [1.29, 1.82) is 0 Å². The summed E-state index contributed by atoms with van der Waals surface area (Å²) in [6.45, 7) is 6.76. The Kier molecular flexibility index (Phi) is 8.76. The van der Waals surface area contributed by atoms with Crippen LogP contribution in [0.2, 0.25) is 0 Å². The summed E-state index contributed by atoms with van der Waals surface area (Å²) in [6, 6.07) is 6.19. The number of imide groups is 1. The van der Waals surface area contributed by atoms with Crippen LogP contribution in [0, 0.1) is 5.95 Å². The smallest absolute Gasteiger partial charge is 0.328 e. The van der Waals surface area contributed by atoms with Crippen molar-refractivity contribution < 1.29 is 19.1 Å². The molecular weight excluding hydrogens is 503 g/mol. The number of aliphatic hydroxyl groups excluding tert-OH is 1. The van der Waals surface area contributed by atoms with Crippen LogP contribution in [0.4, 0.5) is 14.9 Å². The number of carbonyl (C=O) groups excluding carboxylic acids is 2. The first-order chi connectivity index (χ1) is 18.8. The summed E-state index contributed by atoms with van der Waals surface area (Å²) < 4.78 is 14.6. The van der Waals surface area contributed by atoms with E-state index in [9.17, 15) is 19.1 Å². The van der Waals surface area contributed by atoms with Crippen molar-refractivity contribution in [2.45, 2.75) is 58.2 Å². The molecule has 3 heterocycles. The van der Waals surface area contributed by atoms with Crippen molar-refractivity contribution in [3.8, 4) is 0 Å². The van der Waals surface area contributed by atoms with Gasteiger partial charge in [0.2, 0.25) is 5.95 Å². The maximum Gasteiger partial charge on any atom is 0.328 e. The molecule has 2 unspecified atom stereocenters. The molecule has 0 radical (unpaired) electrons. The molecule has 2 atom stereocenters. The Hall–Kier alpha value is -3.64. The molecule has 1 saturated heterocycles. The molecule has 2 aliphatic heterocycles. The number of nitrogens with zero attached hydrogens (tertiary/aromatic N) is 7. The Morgan fingerprint density at radius 1 is 1.13 bits per heavy atom. The van der Waals surface area contributed by atoms with E-state index in [4.69, 9.17) is 10.7 Å². The van der Waals surface area contributed by atoms with E-state index in [2.05, 4.69) is 9.97 Å². The Labute approximate surface area is 228 Å². The van der Waals surface area contributed by atoms with E-state index in [1.54, 1.807) is 9.91 Å². The number of amidine groups is 1. The number of aliphatic imine (C=N–C) groups is 1. The number of carbonyl (C=O) groups is 2. The molecule has 2 aliphatic rings. The quantitative estimate of drug-likeness (QED) is 0.391. The molecule has 1 fully saturated rings. The number of benzene rings is 1. The average Bonchev–Trinajstić information content (AvgIpc) is 3.26. The number of anilines is 1. The normalized spacial score (nSPS) is 21.1. The van der Waals surface area contributed by atoms with Gasteiger partial charge in [-0.05, 0) is 30.9 Å². The fourth-order valence-corrected chi connectivity index (χ4v) is 5.52. The number of aliphatic hydroxyl groups is 1. The Morgan fingerprint density at radius 2 is 1.87 bits per heavy atom. The molecule has 0 bridgehead atoms. The number of nitrogen functional groups attached to an aromatic ring is 1. The number of hydrogen-bond donors (Lipinski definition) is 2. The molecule has 1 aromatic heterocycles. The number of para-hydroxylation sites is 1. The summed E-state index contributed by atoms with van der Waals surface area (Å²) in [4.78, 5) is 43.9. The number of rotatable bonds is 12. The van der Waals surface area contributed by atoms with E-state index >= 15 is 0 Å². The number of amides is 3. The van der Waals surface area contributed by atoms with E-state index in [1.165, 1.54) is 17.3 Å². The van der Waals surface area contributed by atoms with E-state index in [-0.39, 0.29) is 44.3 Å². The summed E-state index contributed by atoms with van der Waals surface area (Å²) in [5, 5.41) is 13.4.